The number of aliphatic hydroxyl groups excluding tert-OH is 1. The zero-order valence-corrected chi connectivity index (χ0v) is 16.2. The first kappa shape index (κ1) is 22.3. The molecule has 1 atom stereocenters. The van der Waals surface area contributed by atoms with Crippen molar-refractivity contribution in [3.05, 3.63) is 23.5 Å². The molecule has 0 aliphatic rings. The molecule has 0 aliphatic carbocycles. The normalized spacial score (nSPS) is 12.3. The van der Waals surface area contributed by atoms with Crippen LogP contribution in [0, 0.1) is 23.1 Å². The van der Waals surface area contributed by atoms with Crippen LogP contribution in [0.15, 0.2) is 12.1 Å². The van der Waals surface area contributed by atoms with Crippen LogP contribution < -0.4 is 11.1 Å². The second-order valence-electron chi connectivity index (χ2n) is 6.95. The summed E-state index contributed by atoms with van der Waals surface area (Å²) in [6.07, 6.45) is 1.30. The molecule has 0 heterocycles. The topological polar surface area (TPSA) is 76.7 Å². The average Bonchev–Trinajstić information content (AvgIpc) is 2.58. The van der Waals surface area contributed by atoms with Gasteiger partial charge in [0, 0.05) is 36.8 Å². The van der Waals surface area contributed by atoms with Crippen molar-refractivity contribution in [2.45, 2.75) is 39.7 Å². The van der Waals surface area contributed by atoms with Gasteiger partial charge in [-0.25, -0.2) is 4.39 Å². The van der Waals surface area contributed by atoms with E-state index >= 15 is 0 Å². The van der Waals surface area contributed by atoms with Gasteiger partial charge >= 0.3 is 0 Å². The Kier molecular flexibility index (Phi) is 9.49. The summed E-state index contributed by atoms with van der Waals surface area (Å²) >= 11 is 0. The molecule has 0 fully saturated rings. The van der Waals surface area contributed by atoms with Gasteiger partial charge in [0.15, 0.2) is 0 Å². The van der Waals surface area contributed by atoms with E-state index in [1.807, 2.05) is 13.8 Å². The minimum absolute atomic E-state index is 0.0350. The molecule has 0 saturated carbocycles. The molecule has 0 aliphatic heterocycles. The second kappa shape index (κ2) is 11.1. The van der Waals surface area contributed by atoms with Crippen LogP contribution in [0.5, 0.6) is 0 Å². The summed E-state index contributed by atoms with van der Waals surface area (Å²) in [5, 5.41) is 13.0. The van der Waals surface area contributed by atoms with Crippen LogP contribution in [-0.2, 0) is 9.39 Å². The Morgan fingerprint density at radius 1 is 1.42 bits per heavy atom. The van der Waals surface area contributed by atoms with E-state index in [9.17, 15) is 9.50 Å². The second-order valence-corrected chi connectivity index (χ2v) is 6.95. The molecule has 0 spiro atoms. The van der Waals surface area contributed by atoms with Gasteiger partial charge in [-0.1, -0.05) is 25.2 Å². The van der Waals surface area contributed by atoms with Crippen LogP contribution in [0.3, 0.4) is 0 Å². The van der Waals surface area contributed by atoms with E-state index in [-0.39, 0.29) is 24.3 Å². The molecule has 7 heteroatoms. The van der Waals surface area contributed by atoms with Crippen LogP contribution in [0.4, 0.5) is 15.8 Å². The van der Waals surface area contributed by atoms with Crippen molar-refractivity contribution in [2.24, 2.45) is 5.41 Å². The molecule has 5 nitrogen and oxygen atoms in total. The third kappa shape index (κ3) is 8.09. The van der Waals surface area contributed by atoms with Crippen molar-refractivity contribution in [1.82, 2.24) is 0 Å². The maximum Gasteiger partial charge on any atom is 0.257 e. The molecule has 0 unspecified atom stereocenters. The summed E-state index contributed by atoms with van der Waals surface area (Å²) in [5.74, 6) is 5.63. The van der Waals surface area contributed by atoms with Crippen molar-refractivity contribution in [1.29, 1.82) is 0 Å². The summed E-state index contributed by atoms with van der Waals surface area (Å²) in [7, 11) is 1.62. The zero-order valence-electron chi connectivity index (χ0n) is 16.2. The highest BCUT2D eigenvalue weighted by Gasteiger charge is 2.14. The smallest absolute Gasteiger partial charge is 0.257 e. The van der Waals surface area contributed by atoms with Crippen molar-refractivity contribution in [2.75, 3.05) is 37.4 Å². The summed E-state index contributed by atoms with van der Waals surface area (Å²) in [4.78, 5) is 0. The zero-order chi connectivity index (χ0) is 19.6. The summed E-state index contributed by atoms with van der Waals surface area (Å²) in [5.41, 5.74) is 6.43. The van der Waals surface area contributed by atoms with Crippen molar-refractivity contribution in [3.63, 3.8) is 0 Å². The molecule has 1 rings (SSSR count). The number of nitrogens with two attached hydrogens (primary N) is 1. The third-order valence-electron chi connectivity index (χ3n) is 3.66. The Bertz CT molecular complexity index is 629. The minimum atomic E-state index is -0.696. The lowest BCUT2D eigenvalue weighted by atomic mass is 9.95. The van der Waals surface area contributed by atoms with Gasteiger partial charge in [-0.15, -0.1) is 0 Å². The SMILES string of the molecule is BOCC(C)(C)C#Cc1cc(N)c(F)cc1NC[C@@H](O)COCCCC. The van der Waals surface area contributed by atoms with Gasteiger partial charge in [-0.3, -0.25) is 0 Å². The van der Waals surface area contributed by atoms with Crippen LogP contribution in [0.25, 0.3) is 0 Å². The number of nitrogens with one attached hydrogen (secondary N) is 1. The molecule has 144 valence electrons. The fourth-order valence-electron chi connectivity index (χ4n) is 2.23. The summed E-state index contributed by atoms with van der Waals surface area (Å²) < 4.78 is 24.4. The number of benzene rings is 1. The van der Waals surface area contributed by atoms with Gasteiger partial charge in [-0.05, 0) is 26.3 Å². The number of nitrogen functional groups attached to an aromatic ring is 1. The predicted molar refractivity (Wildman–Crippen MR) is 106 cm³/mol. The van der Waals surface area contributed by atoms with E-state index in [1.165, 1.54) is 12.1 Å². The van der Waals surface area contributed by atoms with Gasteiger partial charge < -0.3 is 25.5 Å². The number of anilines is 2. The number of halogens is 1. The Morgan fingerprint density at radius 2 is 2.15 bits per heavy atom. The average molecular weight is 364 g/mol. The molecule has 1 aromatic carbocycles. The first-order valence-electron chi connectivity index (χ1n) is 8.90. The van der Waals surface area contributed by atoms with Crippen molar-refractivity contribution >= 4 is 19.4 Å². The molecule has 0 bridgehead atoms. The van der Waals surface area contributed by atoms with Gasteiger partial charge in [0.2, 0.25) is 0 Å². The van der Waals surface area contributed by atoms with Gasteiger partial charge in [0.05, 0.1) is 24.1 Å². The molecule has 4 N–H and O–H groups in total. The lowest BCUT2D eigenvalue weighted by Gasteiger charge is -2.17. The monoisotopic (exact) mass is 364 g/mol. The number of rotatable bonds is 10. The highest BCUT2D eigenvalue weighted by Crippen LogP contribution is 2.23. The maximum atomic E-state index is 13.8. The largest absolute Gasteiger partial charge is 0.442 e. The molecule has 0 amide bonds. The third-order valence-corrected chi connectivity index (χ3v) is 3.66. The number of unbranched alkanes of at least 4 members (excludes halogenated alkanes) is 1. The Morgan fingerprint density at radius 3 is 2.81 bits per heavy atom. The number of hydrogen-bond donors (Lipinski definition) is 3. The van der Waals surface area contributed by atoms with Crippen LogP contribution >= 0.6 is 0 Å². The van der Waals surface area contributed by atoms with Gasteiger partial charge in [-0.2, -0.15) is 0 Å². The minimum Gasteiger partial charge on any atom is -0.442 e. The quantitative estimate of drug-likeness (QED) is 0.256. The molecular weight excluding hydrogens is 334 g/mol. The van der Waals surface area contributed by atoms with E-state index in [2.05, 4.69) is 24.1 Å². The van der Waals surface area contributed by atoms with Crippen LogP contribution in [0.2, 0.25) is 0 Å². The van der Waals surface area contributed by atoms with Gasteiger partial charge in [0.1, 0.15) is 5.82 Å². The first-order chi connectivity index (χ1) is 12.3. The Labute approximate surface area is 156 Å². The van der Waals surface area contributed by atoms with Gasteiger partial charge in [0.25, 0.3) is 8.05 Å². The lowest BCUT2D eigenvalue weighted by molar-refractivity contribution is 0.0421. The first-order valence-corrected chi connectivity index (χ1v) is 8.90. The number of hydrogen-bond acceptors (Lipinski definition) is 5. The molecule has 0 aromatic heterocycles. The maximum absolute atomic E-state index is 13.8. The van der Waals surface area contributed by atoms with E-state index < -0.39 is 11.9 Å². The summed E-state index contributed by atoms with van der Waals surface area (Å²) in [6, 6.07) is 2.80. The lowest BCUT2D eigenvalue weighted by Crippen LogP contribution is -2.25. The van der Waals surface area contributed by atoms with E-state index in [4.69, 9.17) is 15.1 Å². The standard InChI is InChI=1S/C19H30BFN2O3/c1-4-5-8-25-12-15(24)11-23-18-10-16(21)17(22)9-14(18)6-7-19(2,3)13-26-20/h9-10,15,23-24H,4-5,8,11-13,20,22H2,1-3H3/t15-/m1/s1. The molecule has 26 heavy (non-hydrogen) atoms. The van der Waals surface area contributed by atoms with Crippen molar-refractivity contribution < 1.29 is 18.9 Å². The molecule has 0 radical (unpaired) electrons. The molecular formula is C19H30BFN2O3. The van der Waals surface area contributed by atoms with E-state index in [0.29, 0.717) is 24.5 Å². The number of ether oxygens (including phenoxy) is 1. The summed E-state index contributed by atoms with van der Waals surface area (Å²) in [6.45, 7) is 7.55. The van der Waals surface area contributed by atoms with Crippen LogP contribution in [-0.4, -0.2) is 45.6 Å². The fraction of sp³-hybridized carbons (Fsp3) is 0.579. The predicted octanol–water partition coefficient (Wildman–Crippen LogP) is 1.94. The fourth-order valence-corrected chi connectivity index (χ4v) is 2.23. The van der Waals surface area contributed by atoms with Crippen LogP contribution in [0.1, 0.15) is 39.2 Å². The highest BCUT2D eigenvalue weighted by molar-refractivity contribution is 5.98. The highest BCUT2D eigenvalue weighted by atomic mass is 19.1. The molecule has 0 saturated heterocycles. The molecule has 1 aromatic rings. The van der Waals surface area contributed by atoms with Crippen molar-refractivity contribution in [3.8, 4) is 11.8 Å². The Hall–Kier alpha value is -1.75. The van der Waals surface area contributed by atoms with E-state index in [1.54, 1.807) is 8.05 Å². The van der Waals surface area contributed by atoms with E-state index in [0.717, 1.165) is 12.8 Å². The Balaban J connectivity index is 2.81. The number of aliphatic hydroxyl groups is 1.